The van der Waals surface area contributed by atoms with Crippen LogP contribution in [0.3, 0.4) is 0 Å². The lowest BCUT2D eigenvalue weighted by atomic mass is 9.93. The van der Waals surface area contributed by atoms with E-state index in [1.807, 2.05) is 6.07 Å². The number of aromatic amines is 1. The summed E-state index contributed by atoms with van der Waals surface area (Å²) in [4.78, 5) is 28.2. The molecule has 0 amide bonds. The lowest BCUT2D eigenvalue weighted by molar-refractivity contribution is -0.140. The highest BCUT2D eigenvalue weighted by Gasteiger charge is 2.41. The summed E-state index contributed by atoms with van der Waals surface area (Å²) in [5, 5.41) is 15.7. The number of alkyl halides is 3. The van der Waals surface area contributed by atoms with Crippen molar-refractivity contribution in [2.45, 2.75) is 58.0 Å². The molecule has 1 unspecified atom stereocenters. The lowest BCUT2D eigenvalue weighted by Crippen LogP contribution is -2.42. The van der Waals surface area contributed by atoms with Crippen LogP contribution in [-0.4, -0.2) is 42.3 Å². The zero-order valence-electron chi connectivity index (χ0n) is 24.2. The zero-order chi connectivity index (χ0) is 31.0. The fourth-order valence-corrected chi connectivity index (χ4v) is 5.48. The zero-order valence-corrected chi connectivity index (χ0v) is 25.2. The van der Waals surface area contributed by atoms with Gasteiger partial charge in [0.1, 0.15) is 12.6 Å². The number of hydrogen-bond donors (Lipinski definition) is 1. The Hall–Kier alpha value is -4.15. The maximum absolute atomic E-state index is 13.8. The van der Waals surface area contributed by atoms with Crippen LogP contribution < -0.4 is 10.6 Å². The third kappa shape index (κ3) is 5.91. The van der Waals surface area contributed by atoms with E-state index >= 15 is 0 Å². The van der Waals surface area contributed by atoms with Gasteiger partial charge in [0.25, 0.3) is 0 Å². The summed E-state index contributed by atoms with van der Waals surface area (Å²) in [6.45, 7) is 12.1. The fourth-order valence-electron chi connectivity index (χ4n) is 4.46. The van der Waals surface area contributed by atoms with Gasteiger partial charge in [0.2, 0.25) is 5.95 Å². The highest BCUT2D eigenvalue weighted by molar-refractivity contribution is 6.74. The summed E-state index contributed by atoms with van der Waals surface area (Å²) in [6.07, 6.45) is -4.62. The molecule has 13 heteroatoms. The first-order valence-electron chi connectivity index (χ1n) is 13.2. The molecule has 222 valence electrons. The predicted octanol–water partition coefficient (Wildman–Crippen LogP) is 6.04. The molecule has 0 radical (unpaired) electrons. The molecular weight excluding hydrogens is 567 g/mol. The Bertz CT molecular complexity index is 1610. The molecule has 4 rings (SSSR count). The Morgan fingerprint density at radius 1 is 1.12 bits per heavy atom. The summed E-state index contributed by atoms with van der Waals surface area (Å²) in [7, 11) is -2.11. The molecule has 2 heterocycles. The van der Waals surface area contributed by atoms with Gasteiger partial charge in [0.15, 0.2) is 8.32 Å². The lowest BCUT2D eigenvalue weighted by Gasteiger charge is -2.36. The second-order valence-corrected chi connectivity index (χ2v) is 16.3. The van der Waals surface area contributed by atoms with E-state index in [0.29, 0.717) is 11.1 Å². The van der Waals surface area contributed by atoms with Crippen LogP contribution in [0, 0.1) is 11.3 Å². The van der Waals surface area contributed by atoms with Crippen molar-refractivity contribution in [3.8, 4) is 6.07 Å². The third-order valence-electron chi connectivity index (χ3n) is 7.74. The molecule has 9 nitrogen and oxygen atoms in total. The van der Waals surface area contributed by atoms with Crippen molar-refractivity contribution in [2.75, 3.05) is 18.1 Å². The standard InChI is InChI=1S/C29H32F3N5O4Si/c1-18-23(25(38)40-14-15-41-42(5,6)28(2,3)4)24(20-12-10-19(17-33)11-13-20)37-26(34-35-27(37)39)36(18)22-9-7-8-21(16-22)29(30,31)32/h7-13,16,24H,14-15H2,1-6H3,(H,35,39). The highest BCUT2D eigenvalue weighted by atomic mass is 28.4. The number of nitrogens with one attached hydrogen (secondary N) is 1. The molecule has 1 N–H and O–H groups in total. The van der Waals surface area contributed by atoms with Crippen LogP contribution in [-0.2, 0) is 20.1 Å². The van der Waals surface area contributed by atoms with E-state index < -0.39 is 37.8 Å². The molecule has 1 aromatic heterocycles. The van der Waals surface area contributed by atoms with Crippen molar-refractivity contribution in [1.29, 1.82) is 5.26 Å². The highest BCUT2D eigenvalue weighted by Crippen LogP contribution is 2.43. The third-order valence-corrected chi connectivity index (χ3v) is 12.3. The minimum atomic E-state index is -4.62. The smallest absolute Gasteiger partial charge is 0.416 e. The number of anilines is 2. The molecule has 0 saturated heterocycles. The molecular formula is C29H32F3N5O4Si. The Labute approximate surface area is 242 Å². The second-order valence-electron chi connectivity index (χ2n) is 11.5. The minimum Gasteiger partial charge on any atom is -0.460 e. The predicted molar refractivity (Wildman–Crippen MR) is 153 cm³/mol. The fraction of sp³-hybridized carbons (Fsp3) is 0.379. The van der Waals surface area contributed by atoms with Crippen LogP contribution >= 0.6 is 0 Å². The van der Waals surface area contributed by atoms with E-state index in [1.54, 1.807) is 31.2 Å². The van der Waals surface area contributed by atoms with Gasteiger partial charge in [0.05, 0.1) is 29.4 Å². The summed E-state index contributed by atoms with van der Waals surface area (Å²) in [5.74, 6) is -0.777. The van der Waals surface area contributed by atoms with Crippen LogP contribution in [0.2, 0.25) is 18.1 Å². The van der Waals surface area contributed by atoms with Crippen LogP contribution in [0.5, 0.6) is 0 Å². The number of fused-ring (bicyclic) bond motifs is 1. The van der Waals surface area contributed by atoms with Gasteiger partial charge in [-0.1, -0.05) is 39.0 Å². The summed E-state index contributed by atoms with van der Waals surface area (Å²) < 4.78 is 53.8. The Morgan fingerprint density at radius 3 is 2.38 bits per heavy atom. The summed E-state index contributed by atoms with van der Waals surface area (Å²) >= 11 is 0. The van der Waals surface area contributed by atoms with Gasteiger partial charge >= 0.3 is 17.8 Å². The number of rotatable bonds is 7. The maximum atomic E-state index is 13.8. The topological polar surface area (TPSA) is 113 Å². The van der Waals surface area contributed by atoms with Crippen molar-refractivity contribution in [1.82, 2.24) is 14.8 Å². The van der Waals surface area contributed by atoms with E-state index in [4.69, 9.17) is 9.16 Å². The molecule has 3 aromatic rings. The molecule has 42 heavy (non-hydrogen) atoms. The van der Waals surface area contributed by atoms with Crippen molar-refractivity contribution in [3.63, 3.8) is 0 Å². The SMILES string of the molecule is CC1=C(C(=O)OCCO[Si](C)(C)C(C)(C)C)C(c2ccc(C#N)cc2)n2c(n[nH]c2=O)N1c1cccc(C(F)(F)F)c1. The van der Waals surface area contributed by atoms with E-state index in [1.165, 1.54) is 21.6 Å². The molecule has 0 bridgehead atoms. The number of hydrogen-bond acceptors (Lipinski definition) is 7. The normalized spacial score (nSPS) is 15.8. The van der Waals surface area contributed by atoms with E-state index in [0.717, 1.165) is 12.1 Å². The molecule has 1 aliphatic rings. The average molecular weight is 600 g/mol. The van der Waals surface area contributed by atoms with Crippen LogP contribution in [0.15, 0.2) is 64.6 Å². The number of nitrogens with zero attached hydrogens (tertiary/aromatic N) is 4. The van der Waals surface area contributed by atoms with Crippen LogP contribution in [0.1, 0.15) is 50.4 Å². The van der Waals surface area contributed by atoms with Gasteiger partial charge in [-0.2, -0.15) is 18.4 Å². The number of allylic oxidation sites excluding steroid dienone is 1. The van der Waals surface area contributed by atoms with Crippen molar-refractivity contribution in [2.24, 2.45) is 0 Å². The van der Waals surface area contributed by atoms with Gasteiger partial charge in [-0.3, -0.25) is 4.90 Å². The van der Waals surface area contributed by atoms with E-state index in [9.17, 15) is 28.0 Å². The summed E-state index contributed by atoms with van der Waals surface area (Å²) in [6, 6.07) is 11.8. The molecule has 2 aromatic carbocycles. The maximum Gasteiger partial charge on any atom is 0.416 e. The number of halogens is 3. The van der Waals surface area contributed by atoms with Gasteiger partial charge in [-0.15, -0.1) is 5.10 Å². The average Bonchev–Trinajstić information content (AvgIpc) is 3.30. The second kappa shape index (κ2) is 11.3. The molecule has 1 aliphatic heterocycles. The Kier molecular flexibility index (Phi) is 8.26. The number of esters is 1. The first kappa shape index (κ1) is 30.8. The number of ether oxygens (including phenoxy) is 1. The van der Waals surface area contributed by atoms with Crippen molar-refractivity contribution < 1.29 is 27.1 Å². The van der Waals surface area contributed by atoms with Gasteiger partial charge in [-0.05, 0) is 61.0 Å². The quantitative estimate of drug-likeness (QED) is 0.200. The Balaban J connectivity index is 1.80. The van der Waals surface area contributed by atoms with Crippen LogP contribution in [0.4, 0.5) is 24.8 Å². The monoisotopic (exact) mass is 599 g/mol. The van der Waals surface area contributed by atoms with E-state index in [-0.39, 0.29) is 41.2 Å². The first-order valence-corrected chi connectivity index (χ1v) is 16.1. The minimum absolute atomic E-state index is 0.0102. The molecule has 1 atom stereocenters. The first-order chi connectivity index (χ1) is 19.6. The Morgan fingerprint density at radius 2 is 1.79 bits per heavy atom. The van der Waals surface area contributed by atoms with Gasteiger partial charge < -0.3 is 9.16 Å². The van der Waals surface area contributed by atoms with Gasteiger partial charge in [-0.25, -0.2) is 19.3 Å². The molecule has 0 saturated carbocycles. The number of aromatic nitrogens is 3. The van der Waals surface area contributed by atoms with E-state index in [2.05, 4.69) is 44.1 Å². The molecule has 0 aliphatic carbocycles. The number of nitriles is 1. The van der Waals surface area contributed by atoms with Crippen molar-refractivity contribution >= 4 is 25.9 Å². The summed E-state index contributed by atoms with van der Waals surface area (Å²) in [5.41, 5.74) is -0.439. The largest absolute Gasteiger partial charge is 0.460 e. The number of H-pyrrole nitrogens is 1. The van der Waals surface area contributed by atoms with Gasteiger partial charge in [0, 0.05) is 11.4 Å². The number of carbonyl (C=O) groups excluding carboxylic acids is 1. The number of benzene rings is 2. The molecule has 0 spiro atoms. The van der Waals surface area contributed by atoms with Crippen LogP contribution in [0.25, 0.3) is 0 Å². The molecule has 0 fully saturated rings. The number of carbonyl (C=O) groups is 1. The van der Waals surface area contributed by atoms with Crippen molar-refractivity contribution in [3.05, 3.63) is 87.0 Å².